The van der Waals surface area contributed by atoms with Crippen LogP contribution in [-0.4, -0.2) is 51.2 Å². The number of rotatable bonds is 3. The zero-order valence-corrected chi connectivity index (χ0v) is 14.1. The molecule has 3 rings (SSSR count). The number of likely N-dealkylation sites (tertiary alicyclic amines) is 1. The summed E-state index contributed by atoms with van der Waals surface area (Å²) in [5.41, 5.74) is 0.445. The van der Waals surface area contributed by atoms with E-state index >= 15 is 0 Å². The van der Waals surface area contributed by atoms with Gasteiger partial charge in [0.05, 0.1) is 5.56 Å². The molecule has 4 N–H and O–H groups in total. The van der Waals surface area contributed by atoms with Gasteiger partial charge in [0.1, 0.15) is 17.2 Å². The Bertz CT molecular complexity index is 808. The lowest BCUT2D eigenvalue weighted by atomic mass is 10.0. The van der Waals surface area contributed by atoms with E-state index in [2.05, 4.69) is 5.32 Å². The minimum absolute atomic E-state index is 0.0448. The average Bonchev–Trinajstić information content (AvgIpc) is 2.61. The maximum atomic E-state index is 12.5. The molecule has 0 atom stereocenters. The van der Waals surface area contributed by atoms with Gasteiger partial charge in [-0.3, -0.25) is 9.59 Å². The predicted molar refractivity (Wildman–Crippen MR) is 94.3 cm³/mol. The fourth-order valence-corrected chi connectivity index (χ4v) is 3.05. The Morgan fingerprint density at radius 1 is 0.962 bits per heavy atom. The lowest BCUT2D eigenvalue weighted by Gasteiger charge is -2.32. The summed E-state index contributed by atoms with van der Waals surface area (Å²) in [4.78, 5) is 26.4. The number of para-hydroxylation sites is 1. The van der Waals surface area contributed by atoms with Crippen molar-refractivity contribution < 1.29 is 24.9 Å². The van der Waals surface area contributed by atoms with Gasteiger partial charge < -0.3 is 25.5 Å². The van der Waals surface area contributed by atoms with Crippen LogP contribution >= 0.6 is 0 Å². The van der Waals surface area contributed by atoms with Gasteiger partial charge in [-0.05, 0) is 37.1 Å². The van der Waals surface area contributed by atoms with Gasteiger partial charge >= 0.3 is 0 Å². The van der Waals surface area contributed by atoms with Crippen LogP contribution in [0, 0.1) is 0 Å². The van der Waals surface area contributed by atoms with Crippen LogP contribution in [0.2, 0.25) is 0 Å². The predicted octanol–water partition coefficient (Wildman–Crippen LogP) is 1.84. The van der Waals surface area contributed by atoms with Crippen LogP contribution in [0.1, 0.15) is 33.6 Å². The molecule has 0 aromatic heterocycles. The Hall–Kier alpha value is -3.22. The van der Waals surface area contributed by atoms with E-state index in [4.69, 9.17) is 0 Å². The molecule has 2 aromatic rings. The number of carbonyl (C=O) groups excluding carboxylic acids is 2. The molecular weight excluding hydrogens is 336 g/mol. The minimum Gasteiger partial charge on any atom is -0.508 e. The summed E-state index contributed by atoms with van der Waals surface area (Å²) < 4.78 is 0. The molecule has 1 saturated heterocycles. The van der Waals surface area contributed by atoms with E-state index in [0.717, 1.165) is 6.07 Å². The summed E-state index contributed by atoms with van der Waals surface area (Å²) in [5.74, 6) is -1.03. The molecule has 1 fully saturated rings. The second-order valence-corrected chi connectivity index (χ2v) is 6.30. The Kier molecular flexibility index (Phi) is 4.97. The second kappa shape index (κ2) is 7.35. The zero-order valence-electron chi connectivity index (χ0n) is 14.1. The van der Waals surface area contributed by atoms with Gasteiger partial charge in [-0.25, -0.2) is 0 Å². The fraction of sp³-hybridized carbons (Fsp3) is 0.263. The quantitative estimate of drug-likeness (QED) is 0.671. The summed E-state index contributed by atoms with van der Waals surface area (Å²) >= 11 is 0. The van der Waals surface area contributed by atoms with Gasteiger partial charge in [-0.15, -0.1) is 0 Å². The number of phenolic OH excluding ortho intramolecular Hbond substituents is 3. The summed E-state index contributed by atoms with van der Waals surface area (Å²) in [6.07, 6.45) is 1.16. The summed E-state index contributed by atoms with van der Waals surface area (Å²) in [6.45, 7) is 0.923. The van der Waals surface area contributed by atoms with Crippen molar-refractivity contribution in [1.82, 2.24) is 10.2 Å². The molecule has 7 nitrogen and oxygen atoms in total. The first kappa shape index (κ1) is 17.6. The monoisotopic (exact) mass is 356 g/mol. The Labute approximate surface area is 150 Å². The molecule has 26 heavy (non-hydrogen) atoms. The highest BCUT2D eigenvalue weighted by atomic mass is 16.3. The summed E-state index contributed by atoms with van der Waals surface area (Å²) in [5, 5.41) is 31.6. The molecule has 0 unspecified atom stereocenters. The molecule has 7 heteroatoms. The molecule has 2 aromatic carbocycles. The first-order valence-electron chi connectivity index (χ1n) is 8.35. The third-order valence-electron chi connectivity index (χ3n) is 4.42. The highest BCUT2D eigenvalue weighted by Crippen LogP contribution is 2.22. The fourth-order valence-electron chi connectivity index (χ4n) is 3.05. The first-order valence-corrected chi connectivity index (χ1v) is 8.35. The summed E-state index contributed by atoms with van der Waals surface area (Å²) in [6, 6.07) is 10.0. The lowest BCUT2D eigenvalue weighted by Crippen LogP contribution is -2.46. The normalized spacial score (nSPS) is 14.8. The van der Waals surface area contributed by atoms with E-state index in [1.165, 1.54) is 18.2 Å². The van der Waals surface area contributed by atoms with Gasteiger partial charge in [-0.1, -0.05) is 12.1 Å². The third-order valence-corrected chi connectivity index (χ3v) is 4.42. The van der Waals surface area contributed by atoms with E-state index in [0.29, 0.717) is 25.9 Å². The lowest BCUT2D eigenvalue weighted by molar-refractivity contribution is 0.0695. The van der Waals surface area contributed by atoms with Gasteiger partial charge in [0.15, 0.2) is 0 Å². The standard InChI is InChI=1S/C19H20N2O5/c22-14-9-12(10-15(23)11-14)18(25)20-13-5-7-21(8-6-13)19(26)16-3-1-2-4-17(16)24/h1-4,9-11,13,22-24H,5-8H2,(H,20,25). The maximum Gasteiger partial charge on any atom is 0.257 e. The molecule has 0 aliphatic carbocycles. The second-order valence-electron chi connectivity index (χ2n) is 6.30. The van der Waals surface area contributed by atoms with Crippen LogP contribution in [-0.2, 0) is 0 Å². The molecular formula is C19H20N2O5. The van der Waals surface area contributed by atoms with Crippen LogP contribution < -0.4 is 5.32 Å². The van der Waals surface area contributed by atoms with Gasteiger partial charge in [-0.2, -0.15) is 0 Å². The number of aromatic hydroxyl groups is 3. The van der Waals surface area contributed by atoms with Crippen molar-refractivity contribution in [3.63, 3.8) is 0 Å². The van der Waals surface area contributed by atoms with E-state index in [1.807, 2.05) is 0 Å². The summed E-state index contributed by atoms with van der Waals surface area (Å²) in [7, 11) is 0. The van der Waals surface area contributed by atoms with Gasteiger partial charge in [0.2, 0.25) is 0 Å². The third kappa shape index (κ3) is 3.88. The van der Waals surface area contributed by atoms with E-state index in [-0.39, 0.29) is 46.2 Å². The largest absolute Gasteiger partial charge is 0.508 e. The number of benzene rings is 2. The highest BCUT2D eigenvalue weighted by Gasteiger charge is 2.26. The molecule has 1 heterocycles. The van der Waals surface area contributed by atoms with Gasteiger partial charge in [0, 0.05) is 30.8 Å². The number of piperidine rings is 1. The molecule has 136 valence electrons. The van der Waals surface area contributed by atoms with Crippen molar-refractivity contribution in [3.05, 3.63) is 53.6 Å². The minimum atomic E-state index is -0.387. The van der Waals surface area contributed by atoms with Crippen molar-refractivity contribution in [1.29, 1.82) is 0 Å². The van der Waals surface area contributed by atoms with E-state index in [9.17, 15) is 24.9 Å². The smallest absolute Gasteiger partial charge is 0.257 e. The van der Waals surface area contributed by atoms with Crippen LogP contribution in [0.3, 0.4) is 0 Å². The number of hydrogen-bond donors (Lipinski definition) is 4. The topological polar surface area (TPSA) is 110 Å². The Morgan fingerprint density at radius 3 is 2.19 bits per heavy atom. The van der Waals surface area contributed by atoms with Gasteiger partial charge in [0.25, 0.3) is 11.8 Å². The molecule has 1 aliphatic heterocycles. The SMILES string of the molecule is O=C(NC1CCN(C(=O)c2ccccc2O)CC1)c1cc(O)cc(O)c1. The van der Waals surface area contributed by atoms with Crippen LogP contribution in [0.25, 0.3) is 0 Å². The first-order chi connectivity index (χ1) is 12.4. The molecule has 0 radical (unpaired) electrons. The highest BCUT2D eigenvalue weighted by molar-refractivity contribution is 5.97. The molecule has 0 spiro atoms. The van der Waals surface area contributed by atoms with Crippen molar-refractivity contribution in [2.24, 2.45) is 0 Å². The molecule has 0 saturated carbocycles. The van der Waals surface area contributed by atoms with Crippen LogP contribution in [0.15, 0.2) is 42.5 Å². The van der Waals surface area contributed by atoms with E-state index in [1.54, 1.807) is 23.1 Å². The van der Waals surface area contributed by atoms with Crippen molar-refractivity contribution in [3.8, 4) is 17.2 Å². The molecule has 1 aliphatic rings. The van der Waals surface area contributed by atoms with Crippen molar-refractivity contribution >= 4 is 11.8 Å². The van der Waals surface area contributed by atoms with E-state index < -0.39 is 0 Å². The zero-order chi connectivity index (χ0) is 18.7. The van der Waals surface area contributed by atoms with Crippen LogP contribution in [0.4, 0.5) is 0 Å². The number of hydrogen-bond acceptors (Lipinski definition) is 5. The van der Waals surface area contributed by atoms with Crippen molar-refractivity contribution in [2.45, 2.75) is 18.9 Å². The van der Waals surface area contributed by atoms with Crippen molar-refractivity contribution in [2.75, 3.05) is 13.1 Å². The number of nitrogens with one attached hydrogen (secondary N) is 1. The number of phenols is 3. The number of nitrogens with zero attached hydrogens (tertiary/aromatic N) is 1. The maximum absolute atomic E-state index is 12.5. The van der Waals surface area contributed by atoms with Crippen LogP contribution in [0.5, 0.6) is 17.2 Å². The Balaban J connectivity index is 1.58. The number of amides is 2. The molecule has 2 amide bonds. The molecule has 0 bridgehead atoms. The number of carbonyl (C=O) groups is 2. The average molecular weight is 356 g/mol. The Morgan fingerprint density at radius 2 is 1.58 bits per heavy atom.